The third-order valence-electron chi connectivity index (χ3n) is 5.17. The Morgan fingerprint density at radius 3 is 2.79 bits per heavy atom. The summed E-state index contributed by atoms with van der Waals surface area (Å²) in [4.78, 5) is 0. The van der Waals surface area contributed by atoms with Crippen LogP contribution in [0.25, 0.3) is 0 Å². The molecule has 1 unspecified atom stereocenters. The Labute approximate surface area is 121 Å². The molecule has 3 heteroatoms. The number of rotatable bonds is 3. The smallest absolute Gasteiger partial charge is 0.0372 e. The predicted molar refractivity (Wildman–Crippen MR) is 83.7 cm³/mol. The molecule has 0 bridgehead atoms. The predicted octanol–water partition coefficient (Wildman–Crippen LogP) is 3.81. The average Bonchev–Trinajstić information content (AvgIpc) is 2.99. The van der Waals surface area contributed by atoms with Crippen molar-refractivity contribution in [3.05, 3.63) is 23.0 Å². The van der Waals surface area contributed by atoms with E-state index in [-0.39, 0.29) is 6.04 Å². The molecule has 0 aliphatic heterocycles. The van der Waals surface area contributed by atoms with Gasteiger partial charge in [-0.3, -0.25) is 0 Å². The maximum Gasteiger partial charge on any atom is 0.0372 e. The van der Waals surface area contributed by atoms with Crippen LogP contribution in [-0.2, 0) is 13.0 Å². The lowest BCUT2D eigenvalue weighted by Crippen LogP contribution is -2.29. The first-order valence-corrected chi connectivity index (χ1v) is 8.87. The van der Waals surface area contributed by atoms with E-state index in [0.29, 0.717) is 4.75 Å². The summed E-state index contributed by atoms with van der Waals surface area (Å²) in [5.41, 5.74) is 10.7. The van der Waals surface area contributed by atoms with Crippen molar-refractivity contribution >= 4 is 11.8 Å². The topological polar surface area (TPSA) is 30.9 Å². The molecule has 0 saturated heterocycles. The lowest BCUT2D eigenvalue weighted by Gasteiger charge is -2.30. The van der Waals surface area contributed by atoms with Gasteiger partial charge in [0.1, 0.15) is 0 Å². The molecule has 1 atom stereocenters. The van der Waals surface area contributed by atoms with Gasteiger partial charge in [-0.2, -0.15) is 11.8 Å². The number of hydrogen-bond acceptors (Lipinski definition) is 2. The first-order chi connectivity index (χ1) is 9.15. The third-order valence-corrected chi connectivity index (χ3v) is 6.57. The van der Waals surface area contributed by atoms with Crippen LogP contribution >= 0.6 is 11.8 Å². The second-order valence-corrected chi connectivity index (χ2v) is 7.64. The molecule has 1 saturated carbocycles. The molecule has 0 aromatic carbocycles. The van der Waals surface area contributed by atoms with Crippen LogP contribution in [0.5, 0.6) is 0 Å². The van der Waals surface area contributed by atoms with Crippen molar-refractivity contribution in [1.29, 1.82) is 0 Å². The van der Waals surface area contributed by atoms with Crippen molar-refractivity contribution < 1.29 is 0 Å². The summed E-state index contributed by atoms with van der Waals surface area (Å²) >= 11 is 2.09. The van der Waals surface area contributed by atoms with Crippen molar-refractivity contribution in [2.24, 2.45) is 5.73 Å². The molecule has 2 aliphatic carbocycles. The molecule has 19 heavy (non-hydrogen) atoms. The fraction of sp³-hybridized carbons (Fsp3) is 0.750. The van der Waals surface area contributed by atoms with Crippen molar-refractivity contribution in [3.8, 4) is 0 Å². The standard InChI is InChI=1S/C16H26N2S/c1-12-10-13-14(17)6-5-7-15(13)18(12)11-16(19-2)8-3-4-9-16/h10,14H,3-9,11,17H2,1-2H3. The quantitative estimate of drug-likeness (QED) is 0.911. The van der Waals surface area contributed by atoms with Gasteiger partial charge in [0.2, 0.25) is 0 Å². The third kappa shape index (κ3) is 2.36. The van der Waals surface area contributed by atoms with Gasteiger partial charge in [-0.05, 0) is 56.9 Å². The monoisotopic (exact) mass is 278 g/mol. The highest BCUT2D eigenvalue weighted by molar-refractivity contribution is 8.00. The Morgan fingerprint density at radius 2 is 2.11 bits per heavy atom. The van der Waals surface area contributed by atoms with Crippen LogP contribution in [0.4, 0.5) is 0 Å². The molecule has 0 radical (unpaired) electrons. The summed E-state index contributed by atoms with van der Waals surface area (Å²) in [6.45, 7) is 3.45. The zero-order valence-corrected chi connectivity index (χ0v) is 13.1. The molecule has 2 aliphatic rings. The Morgan fingerprint density at radius 1 is 1.37 bits per heavy atom. The van der Waals surface area contributed by atoms with Crippen LogP contribution in [0.15, 0.2) is 6.07 Å². The first-order valence-electron chi connectivity index (χ1n) is 7.65. The highest BCUT2D eigenvalue weighted by Gasteiger charge is 2.35. The maximum absolute atomic E-state index is 6.28. The van der Waals surface area contributed by atoms with E-state index in [1.165, 1.54) is 62.0 Å². The fourth-order valence-electron chi connectivity index (χ4n) is 3.95. The summed E-state index contributed by atoms with van der Waals surface area (Å²) in [7, 11) is 0. The van der Waals surface area contributed by atoms with E-state index in [9.17, 15) is 0 Å². The van der Waals surface area contributed by atoms with Crippen molar-refractivity contribution in [2.75, 3.05) is 6.26 Å². The highest BCUT2D eigenvalue weighted by Crippen LogP contribution is 2.43. The summed E-state index contributed by atoms with van der Waals surface area (Å²) < 4.78 is 3.08. The molecule has 2 nitrogen and oxygen atoms in total. The van der Waals surface area contributed by atoms with E-state index in [0.717, 1.165) is 6.42 Å². The number of hydrogen-bond donors (Lipinski definition) is 1. The maximum atomic E-state index is 6.28. The number of nitrogens with zero attached hydrogens (tertiary/aromatic N) is 1. The van der Waals surface area contributed by atoms with E-state index in [2.05, 4.69) is 35.6 Å². The van der Waals surface area contributed by atoms with Gasteiger partial charge in [0.05, 0.1) is 0 Å². The number of aryl methyl sites for hydroxylation is 1. The van der Waals surface area contributed by atoms with Crippen LogP contribution in [0.1, 0.15) is 61.5 Å². The summed E-state index contributed by atoms with van der Waals surface area (Å²) in [6.07, 6.45) is 11.5. The number of thioether (sulfide) groups is 1. The molecule has 1 aromatic heterocycles. The molecule has 0 spiro atoms. The summed E-state index contributed by atoms with van der Waals surface area (Å²) in [5.74, 6) is 0. The highest BCUT2D eigenvalue weighted by atomic mass is 32.2. The molecule has 1 aromatic rings. The van der Waals surface area contributed by atoms with E-state index < -0.39 is 0 Å². The van der Waals surface area contributed by atoms with Crippen molar-refractivity contribution in [3.63, 3.8) is 0 Å². The van der Waals surface area contributed by atoms with Crippen molar-refractivity contribution in [2.45, 2.75) is 69.2 Å². The van der Waals surface area contributed by atoms with E-state index in [1.54, 1.807) is 0 Å². The Hall–Kier alpha value is -0.410. The number of aromatic nitrogens is 1. The zero-order valence-electron chi connectivity index (χ0n) is 12.2. The largest absolute Gasteiger partial charge is 0.347 e. The Bertz CT molecular complexity index is 458. The first kappa shape index (κ1) is 13.6. The number of nitrogens with two attached hydrogens (primary N) is 1. The van der Waals surface area contributed by atoms with E-state index in [1.807, 2.05) is 0 Å². The van der Waals surface area contributed by atoms with Gasteiger partial charge in [0.25, 0.3) is 0 Å². The minimum Gasteiger partial charge on any atom is -0.347 e. The van der Waals surface area contributed by atoms with Gasteiger partial charge in [-0.25, -0.2) is 0 Å². The van der Waals surface area contributed by atoms with Crippen LogP contribution < -0.4 is 5.73 Å². The van der Waals surface area contributed by atoms with Crippen LogP contribution in [0.2, 0.25) is 0 Å². The molecule has 1 fully saturated rings. The van der Waals surface area contributed by atoms with Gasteiger partial charge >= 0.3 is 0 Å². The number of fused-ring (bicyclic) bond motifs is 1. The second-order valence-electron chi connectivity index (χ2n) is 6.37. The molecule has 0 amide bonds. The second kappa shape index (κ2) is 5.17. The van der Waals surface area contributed by atoms with Crippen LogP contribution in [0, 0.1) is 6.92 Å². The minimum absolute atomic E-state index is 0.275. The molecular weight excluding hydrogens is 252 g/mol. The average molecular weight is 278 g/mol. The molecule has 1 heterocycles. The minimum atomic E-state index is 0.275. The lowest BCUT2D eigenvalue weighted by atomic mass is 9.93. The molecule has 2 N–H and O–H groups in total. The Kier molecular flexibility index (Phi) is 3.69. The molecule has 106 valence electrons. The van der Waals surface area contributed by atoms with Gasteiger partial charge in [-0.15, -0.1) is 0 Å². The van der Waals surface area contributed by atoms with Crippen LogP contribution in [-0.4, -0.2) is 15.6 Å². The summed E-state index contributed by atoms with van der Waals surface area (Å²) in [6, 6.07) is 2.62. The normalized spacial score (nSPS) is 25.5. The summed E-state index contributed by atoms with van der Waals surface area (Å²) in [5, 5.41) is 0. The Balaban J connectivity index is 1.92. The van der Waals surface area contributed by atoms with Gasteiger partial charge in [0.15, 0.2) is 0 Å². The van der Waals surface area contributed by atoms with Gasteiger partial charge < -0.3 is 10.3 Å². The van der Waals surface area contributed by atoms with E-state index >= 15 is 0 Å². The lowest BCUT2D eigenvalue weighted by molar-refractivity contribution is 0.471. The van der Waals surface area contributed by atoms with Gasteiger partial charge in [0, 0.05) is 28.7 Å². The molecular formula is C16H26N2S. The SMILES string of the molecule is CSC1(Cn2c(C)cc3c2CCCC3N)CCCC1. The zero-order chi connectivity index (χ0) is 13.5. The fourth-order valence-corrected chi connectivity index (χ4v) is 4.91. The molecule has 3 rings (SSSR count). The van der Waals surface area contributed by atoms with E-state index in [4.69, 9.17) is 5.73 Å². The van der Waals surface area contributed by atoms with Crippen molar-refractivity contribution in [1.82, 2.24) is 4.57 Å². The van der Waals surface area contributed by atoms with Crippen LogP contribution in [0.3, 0.4) is 0 Å². The van der Waals surface area contributed by atoms with Gasteiger partial charge in [-0.1, -0.05) is 12.8 Å².